The molecular weight excluding hydrogens is 264 g/mol. The van der Waals surface area contributed by atoms with E-state index in [2.05, 4.69) is 22.6 Å². The molecule has 1 aromatic rings. The first kappa shape index (κ1) is 13.1. The van der Waals surface area contributed by atoms with E-state index in [1.165, 1.54) is 19.3 Å². The molecule has 1 amide bonds. The summed E-state index contributed by atoms with van der Waals surface area (Å²) >= 11 is 0. The van der Waals surface area contributed by atoms with Gasteiger partial charge in [-0.1, -0.05) is 23.7 Å². The molecule has 3 aliphatic carbocycles. The van der Waals surface area contributed by atoms with Crippen LogP contribution in [-0.2, 0) is 12.8 Å². The van der Waals surface area contributed by atoms with Crippen molar-refractivity contribution in [2.75, 3.05) is 6.54 Å². The van der Waals surface area contributed by atoms with E-state index in [0.717, 1.165) is 49.5 Å². The van der Waals surface area contributed by atoms with Crippen molar-refractivity contribution in [2.45, 2.75) is 44.9 Å². The number of nitrogens with one attached hydrogen (secondary N) is 1. The SMILES string of the molecule is O=C(NCC1CC2C=CC1C2)c1noc2c1CCCCC2. The number of aromatic nitrogens is 1. The second-order valence-electron chi connectivity index (χ2n) is 6.74. The summed E-state index contributed by atoms with van der Waals surface area (Å²) in [6.07, 6.45) is 12.5. The average Bonchev–Trinajstić information content (AvgIpc) is 3.17. The van der Waals surface area contributed by atoms with Gasteiger partial charge in [-0.25, -0.2) is 0 Å². The van der Waals surface area contributed by atoms with Crippen LogP contribution in [0.3, 0.4) is 0 Å². The third-order valence-electron chi connectivity index (χ3n) is 5.36. The molecule has 2 bridgehead atoms. The van der Waals surface area contributed by atoms with E-state index in [1.807, 2.05) is 0 Å². The van der Waals surface area contributed by atoms with Crippen LogP contribution in [0.4, 0.5) is 0 Å². The van der Waals surface area contributed by atoms with Gasteiger partial charge in [0.25, 0.3) is 5.91 Å². The van der Waals surface area contributed by atoms with Crippen LogP contribution >= 0.6 is 0 Å². The highest BCUT2D eigenvalue weighted by molar-refractivity contribution is 5.93. The molecule has 4 heteroatoms. The van der Waals surface area contributed by atoms with Crippen molar-refractivity contribution >= 4 is 5.91 Å². The van der Waals surface area contributed by atoms with Crippen LogP contribution in [0.2, 0.25) is 0 Å². The van der Waals surface area contributed by atoms with Crippen LogP contribution in [0.5, 0.6) is 0 Å². The minimum absolute atomic E-state index is 0.0475. The highest BCUT2D eigenvalue weighted by Gasteiger charge is 2.35. The van der Waals surface area contributed by atoms with Gasteiger partial charge in [0, 0.05) is 18.5 Å². The molecule has 1 N–H and O–H groups in total. The fourth-order valence-corrected chi connectivity index (χ4v) is 4.18. The minimum Gasteiger partial charge on any atom is -0.360 e. The van der Waals surface area contributed by atoms with Gasteiger partial charge in [0.1, 0.15) is 5.76 Å². The molecule has 3 atom stereocenters. The summed E-state index contributed by atoms with van der Waals surface area (Å²) in [5.74, 6) is 2.91. The first-order valence-electron chi connectivity index (χ1n) is 8.25. The molecular formula is C17H22N2O2. The maximum Gasteiger partial charge on any atom is 0.273 e. The lowest BCUT2D eigenvalue weighted by Gasteiger charge is -2.18. The summed E-state index contributed by atoms with van der Waals surface area (Å²) in [5.41, 5.74) is 1.59. The van der Waals surface area contributed by atoms with Gasteiger partial charge in [-0.3, -0.25) is 4.79 Å². The van der Waals surface area contributed by atoms with Crippen molar-refractivity contribution in [3.63, 3.8) is 0 Å². The Bertz CT molecular complexity index is 575. The number of carbonyl (C=O) groups is 1. The van der Waals surface area contributed by atoms with E-state index in [1.54, 1.807) is 0 Å². The Labute approximate surface area is 125 Å². The van der Waals surface area contributed by atoms with Crippen molar-refractivity contribution in [3.8, 4) is 0 Å². The Balaban J connectivity index is 1.41. The van der Waals surface area contributed by atoms with E-state index in [0.29, 0.717) is 17.5 Å². The summed E-state index contributed by atoms with van der Waals surface area (Å²) < 4.78 is 5.39. The third-order valence-corrected chi connectivity index (χ3v) is 5.36. The molecule has 4 rings (SSSR count). The smallest absolute Gasteiger partial charge is 0.273 e. The van der Waals surface area contributed by atoms with Crippen LogP contribution in [0.15, 0.2) is 16.7 Å². The van der Waals surface area contributed by atoms with Gasteiger partial charge in [-0.05, 0) is 49.9 Å². The zero-order valence-electron chi connectivity index (χ0n) is 12.3. The number of hydrogen-bond donors (Lipinski definition) is 1. The Morgan fingerprint density at radius 3 is 2.95 bits per heavy atom. The first-order valence-corrected chi connectivity index (χ1v) is 8.25. The third kappa shape index (κ3) is 2.41. The van der Waals surface area contributed by atoms with E-state index >= 15 is 0 Å². The van der Waals surface area contributed by atoms with Crippen LogP contribution in [0.25, 0.3) is 0 Å². The van der Waals surface area contributed by atoms with Gasteiger partial charge in [0.05, 0.1) is 0 Å². The number of fused-ring (bicyclic) bond motifs is 3. The maximum atomic E-state index is 12.4. The zero-order valence-corrected chi connectivity index (χ0v) is 12.3. The number of nitrogens with zero attached hydrogens (tertiary/aromatic N) is 1. The Morgan fingerprint density at radius 2 is 2.14 bits per heavy atom. The lowest BCUT2D eigenvalue weighted by Crippen LogP contribution is -2.31. The standard InChI is InChI=1S/C17H22N2O2/c20-17(18-10-13-9-11-6-7-12(13)8-11)16-14-4-2-1-3-5-15(14)21-19-16/h6-7,11-13H,1-5,8-10H2,(H,18,20). The molecule has 0 radical (unpaired) electrons. The van der Waals surface area contributed by atoms with E-state index in [4.69, 9.17) is 4.52 Å². The molecule has 0 aromatic carbocycles. The molecule has 112 valence electrons. The summed E-state index contributed by atoms with van der Waals surface area (Å²) in [5, 5.41) is 7.12. The number of hydrogen-bond acceptors (Lipinski definition) is 3. The predicted octanol–water partition coefficient (Wildman–Crippen LogP) is 2.89. The van der Waals surface area contributed by atoms with Crippen LogP contribution < -0.4 is 5.32 Å². The maximum absolute atomic E-state index is 12.4. The molecule has 0 spiro atoms. The molecule has 1 heterocycles. The van der Waals surface area contributed by atoms with E-state index in [-0.39, 0.29) is 5.91 Å². The molecule has 1 fully saturated rings. The molecule has 1 saturated carbocycles. The molecule has 4 nitrogen and oxygen atoms in total. The topological polar surface area (TPSA) is 55.1 Å². The first-order chi connectivity index (χ1) is 10.3. The number of aryl methyl sites for hydroxylation is 1. The van der Waals surface area contributed by atoms with Crippen molar-refractivity contribution < 1.29 is 9.32 Å². The van der Waals surface area contributed by atoms with Crippen molar-refractivity contribution in [3.05, 3.63) is 29.2 Å². The predicted molar refractivity (Wildman–Crippen MR) is 78.9 cm³/mol. The molecule has 0 aliphatic heterocycles. The Kier molecular flexibility index (Phi) is 3.32. The number of allylic oxidation sites excluding steroid dienone is 2. The fourth-order valence-electron chi connectivity index (χ4n) is 4.18. The quantitative estimate of drug-likeness (QED) is 0.686. The summed E-state index contributed by atoms with van der Waals surface area (Å²) in [4.78, 5) is 12.4. The van der Waals surface area contributed by atoms with Gasteiger partial charge in [0.2, 0.25) is 0 Å². The van der Waals surface area contributed by atoms with Crippen molar-refractivity contribution in [2.24, 2.45) is 17.8 Å². The van der Waals surface area contributed by atoms with E-state index in [9.17, 15) is 4.79 Å². The monoisotopic (exact) mass is 286 g/mol. The largest absolute Gasteiger partial charge is 0.360 e. The lowest BCUT2D eigenvalue weighted by atomic mass is 9.93. The summed E-state index contributed by atoms with van der Waals surface area (Å²) in [6, 6.07) is 0. The van der Waals surface area contributed by atoms with Crippen LogP contribution in [0.1, 0.15) is 53.9 Å². The molecule has 3 aliphatic rings. The normalized spacial score (nSPS) is 30.2. The van der Waals surface area contributed by atoms with Crippen LogP contribution in [0, 0.1) is 17.8 Å². The highest BCUT2D eigenvalue weighted by Crippen LogP contribution is 2.42. The molecule has 21 heavy (non-hydrogen) atoms. The lowest BCUT2D eigenvalue weighted by molar-refractivity contribution is 0.0935. The van der Waals surface area contributed by atoms with Gasteiger partial charge in [-0.15, -0.1) is 0 Å². The van der Waals surface area contributed by atoms with Gasteiger partial charge in [0.15, 0.2) is 5.69 Å². The second-order valence-corrected chi connectivity index (χ2v) is 6.74. The van der Waals surface area contributed by atoms with Gasteiger partial charge < -0.3 is 9.84 Å². The summed E-state index contributed by atoms with van der Waals surface area (Å²) in [7, 11) is 0. The highest BCUT2D eigenvalue weighted by atomic mass is 16.5. The zero-order chi connectivity index (χ0) is 14.2. The fraction of sp³-hybridized carbons (Fsp3) is 0.647. The number of carbonyl (C=O) groups excluding carboxylic acids is 1. The van der Waals surface area contributed by atoms with Gasteiger partial charge >= 0.3 is 0 Å². The molecule has 1 aromatic heterocycles. The second kappa shape index (κ2) is 5.32. The van der Waals surface area contributed by atoms with Crippen molar-refractivity contribution in [1.29, 1.82) is 0 Å². The molecule has 3 unspecified atom stereocenters. The van der Waals surface area contributed by atoms with E-state index < -0.39 is 0 Å². The molecule has 0 saturated heterocycles. The summed E-state index contributed by atoms with van der Waals surface area (Å²) in [6.45, 7) is 0.770. The number of rotatable bonds is 3. The average molecular weight is 286 g/mol. The Morgan fingerprint density at radius 1 is 1.24 bits per heavy atom. The van der Waals surface area contributed by atoms with Crippen LogP contribution in [-0.4, -0.2) is 17.6 Å². The van der Waals surface area contributed by atoms with Crippen molar-refractivity contribution in [1.82, 2.24) is 10.5 Å². The minimum atomic E-state index is -0.0475. The Hall–Kier alpha value is -1.58. The number of amides is 1. The van der Waals surface area contributed by atoms with Gasteiger partial charge in [-0.2, -0.15) is 0 Å².